The number of rotatable bonds is 5. The van der Waals surface area contributed by atoms with Crippen molar-refractivity contribution < 1.29 is 4.79 Å². The molecule has 0 heterocycles. The second-order valence-electron chi connectivity index (χ2n) is 6.33. The fraction of sp³-hybridized carbons (Fsp3) is 0.923. The third-order valence-corrected chi connectivity index (χ3v) is 3.61. The second-order valence-corrected chi connectivity index (χ2v) is 6.33. The molecule has 0 spiro atoms. The van der Waals surface area contributed by atoms with Gasteiger partial charge in [0.1, 0.15) is 0 Å². The standard InChI is InChI=1S/C13H27N3O/c1-9(16(5)10-6-7-10)8-15-12(17)11(14)13(2,3)4/h9-11H,6-8,14H2,1-5H3,(H,15,17). The highest BCUT2D eigenvalue weighted by molar-refractivity contribution is 5.82. The molecule has 0 radical (unpaired) electrons. The minimum atomic E-state index is -0.444. The van der Waals surface area contributed by atoms with Gasteiger partial charge in [-0.1, -0.05) is 20.8 Å². The number of hydrogen-bond donors (Lipinski definition) is 2. The maximum atomic E-state index is 11.8. The van der Waals surface area contributed by atoms with Crippen molar-refractivity contribution in [2.45, 2.75) is 58.7 Å². The zero-order chi connectivity index (χ0) is 13.2. The van der Waals surface area contributed by atoms with E-state index in [0.717, 1.165) is 6.04 Å². The van der Waals surface area contributed by atoms with Crippen molar-refractivity contribution in [3.05, 3.63) is 0 Å². The smallest absolute Gasteiger partial charge is 0.237 e. The van der Waals surface area contributed by atoms with Crippen LogP contribution in [0, 0.1) is 5.41 Å². The van der Waals surface area contributed by atoms with Crippen molar-refractivity contribution in [3.8, 4) is 0 Å². The number of carbonyl (C=O) groups excluding carboxylic acids is 1. The van der Waals surface area contributed by atoms with Crippen LogP contribution in [0.5, 0.6) is 0 Å². The third kappa shape index (κ3) is 4.28. The first kappa shape index (κ1) is 14.5. The molecule has 1 aliphatic carbocycles. The molecule has 0 bridgehead atoms. The first-order chi connectivity index (χ1) is 7.73. The van der Waals surface area contributed by atoms with Crippen molar-refractivity contribution in [1.29, 1.82) is 0 Å². The van der Waals surface area contributed by atoms with E-state index < -0.39 is 6.04 Å². The first-order valence-corrected chi connectivity index (χ1v) is 6.48. The van der Waals surface area contributed by atoms with Gasteiger partial charge in [0.05, 0.1) is 6.04 Å². The Bertz CT molecular complexity index is 268. The molecule has 4 heteroatoms. The Labute approximate surface area is 105 Å². The highest BCUT2D eigenvalue weighted by atomic mass is 16.2. The molecule has 1 rings (SSSR count). The molecular weight excluding hydrogens is 214 g/mol. The largest absolute Gasteiger partial charge is 0.353 e. The topological polar surface area (TPSA) is 58.4 Å². The number of likely N-dealkylation sites (N-methyl/N-ethyl adjacent to an activating group) is 1. The van der Waals surface area contributed by atoms with Gasteiger partial charge in [0, 0.05) is 18.6 Å². The highest BCUT2D eigenvalue weighted by Gasteiger charge is 2.30. The van der Waals surface area contributed by atoms with E-state index in [0.29, 0.717) is 12.6 Å². The van der Waals surface area contributed by atoms with Gasteiger partial charge in [-0.05, 0) is 32.2 Å². The van der Waals surface area contributed by atoms with Crippen molar-refractivity contribution in [2.75, 3.05) is 13.6 Å². The number of nitrogens with two attached hydrogens (primary N) is 1. The van der Waals surface area contributed by atoms with Crippen molar-refractivity contribution in [1.82, 2.24) is 10.2 Å². The van der Waals surface area contributed by atoms with E-state index in [1.54, 1.807) is 0 Å². The zero-order valence-electron chi connectivity index (χ0n) is 11.8. The van der Waals surface area contributed by atoms with Gasteiger partial charge >= 0.3 is 0 Å². The lowest BCUT2D eigenvalue weighted by molar-refractivity contribution is -0.124. The second kappa shape index (κ2) is 5.36. The summed E-state index contributed by atoms with van der Waals surface area (Å²) in [6.45, 7) is 8.77. The van der Waals surface area contributed by atoms with Gasteiger partial charge in [-0.2, -0.15) is 0 Å². The molecule has 3 N–H and O–H groups in total. The van der Waals surface area contributed by atoms with Crippen LogP contribution in [0.2, 0.25) is 0 Å². The molecule has 0 aromatic carbocycles. The quantitative estimate of drug-likeness (QED) is 0.754. The molecule has 1 saturated carbocycles. The van der Waals surface area contributed by atoms with Gasteiger partial charge in [0.15, 0.2) is 0 Å². The Balaban J connectivity index is 2.32. The third-order valence-electron chi connectivity index (χ3n) is 3.61. The van der Waals surface area contributed by atoms with Crippen LogP contribution in [-0.2, 0) is 4.79 Å². The maximum absolute atomic E-state index is 11.8. The van der Waals surface area contributed by atoms with Crippen LogP contribution in [-0.4, -0.2) is 42.5 Å². The first-order valence-electron chi connectivity index (χ1n) is 6.48. The summed E-state index contributed by atoms with van der Waals surface area (Å²) in [6.07, 6.45) is 2.58. The van der Waals surface area contributed by atoms with Gasteiger partial charge in [-0.3, -0.25) is 9.69 Å². The summed E-state index contributed by atoms with van der Waals surface area (Å²) in [5.41, 5.74) is 5.72. The summed E-state index contributed by atoms with van der Waals surface area (Å²) in [4.78, 5) is 14.2. The molecule has 1 aliphatic rings. The number of nitrogens with zero attached hydrogens (tertiary/aromatic N) is 1. The van der Waals surface area contributed by atoms with Crippen LogP contribution in [0.1, 0.15) is 40.5 Å². The highest BCUT2D eigenvalue weighted by Crippen LogP contribution is 2.26. The van der Waals surface area contributed by atoms with Gasteiger partial charge < -0.3 is 11.1 Å². The normalized spacial score (nSPS) is 20.2. The van der Waals surface area contributed by atoms with Gasteiger partial charge in [-0.25, -0.2) is 0 Å². The summed E-state index contributed by atoms with van der Waals surface area (Å²) >= 11 is 0. The molecule has 2 atom stereocenters. The van der Waals surface area contributed by atoms with E-state index in [2.05, 4.69) is 24.2 Å². The Morgan fingerprint density at radius 3 is 2.41 bits per heavy atom. The Hall–Kier alpha value is -0.610. The van der Waals surface area contributed by atoms with Crippen LogP contribution in [0.25, 0.3) is 0 Å². The molecule has 4 nitrogen and oxygen atoms in total. The monoisotopic (exact) mass is 241 g/mol. The molecule has 2 unspecified atom stereocenters. The SMILES string of the molecule is CC(CNC(=O)C(N)C(C)(C)C)N(C)C1CC1. The molecule has 0 aromatic rings. The van der Waals surface area contributed by atoms with Crippen LogP contribution >= 0.6 is 0 Å². The molecule has 17 heavy (non-hydrogen) atoms. The average molecular weight is 241 g/mol. The fourth-order valence-electron chi connectivity index (χ4n) is 1.74. The molecule has 0 aromatic heterocycles. The predicted molar refractivity (Wildman–Crippen MR) is 70.7 cm³/mol. The molecule has 0 aliphatic heterocycles. The van der Waals surface area contributed by atoms with E-state index in [9.17, 15) is 4.79 Å². The van der Waals surface area contributed by atoms with Crippen molar-refractivity contribution in [3.63, 3.8) is 0 Å². The lowest BCUT2D eigenvalue weighted by Crippen LogP contribution is -2.51. The molecule has 0 saturated heterocycles. The van der Waals surface area contributed by atoms with Crippen LogP contribution in [0.4, 0.5) is 0 Å². The Morgan fingerprint density at radius 1 is 1.47 bits per heavy atom. The fourth-order valence-corrected chi connectivity index (χ4v) is 1.74. The van der Waals surface area contributed by atoms with Crippen LogP contribution < -0.4 is 11.1 Å². The van der Waals surface area contributed by atoms with Gasteiger partial charge in [-0.15, -0.1) is 0 Å². The molecular formula is C13H27N3O. The van der Waals surface area contributed by atoms with Gasteiger partial charge in [0.25, 0.3) is 0 Å². The van der Waals surface area contributed by atoms with E-state index in [1.807, 2.05) is 20.8 Å². The summed E-state index contributed by atoms with van der Waals surface area (Å²) in [5, 5.41) is 2.95. The van der Waals surface area contributed by atoms with Crippen molar-refractivity contribution >= 4 is 5.91 Å². The molecule has 100 valence electrons. The summed E-state index contributed by atoms with van der Waals surface area (Å²) in [6, 6.07) is 0.651. The number of hydrogen-bond acceptors (Lipinski definition) is 3. The minimum absolute atomic E-state index is 0.0476. The number of nitrogens with one attached hydrogen (secondary N) is 1. The summed E-state index contributed by atoms with van der Waals surface area (Å²) < 4.78 is 0. The Kier molecular flexibility index (Phi) is 4.55. The van der Waals surface area contributed by atoms with E-state index in [4.69, 9.17) is 5.73 Å². The minimum Gasteiger partial charge on any atom is -0.353 e. The Morgan fingerprint density at radius 2 is 2.00 bits per heavy atom. The number of carbonyl (C=O) groups is 1. The summed E-state index contributed by atoms with van der Waals surface area (Å²) in [7, 11) is 2.12. The average Bonchev–Trinajstić information content (AvgIpc) is 3.05. The molecule has 1 amide bonds. The predicted octanol–water partition coefficient (Wildman–Crippen LogP) is 0.959. The van der Waals surface area contributed by atoms with E-state index >= 15 is 0 Å². The van der Waals surface area contributed by atoms with Gasteiger partial charge in [0.2, 0.25) is 5.91 Å². The van der Waals surface area contributed by atoms with E-state index in [1.165, 1.54) is 12.8 Å². The van der Waals surface area contributed by atoms with Crippen molar-refractivity contribution in [2.24, 2.45) is 11.1 Å². The molecule has 1 fully saturated rings. The number of amides is 1. The van der Waals surface area contributed by atoms with Crippen LogP contribution in [0.15, 0.2) is 0 Å². The lowest BCUT2D eigenvalue weighted by Gasteiger charge is -2.28. The maximum Gasteiger partial charge on any atom is 0.237 e. The van der Waals surface area contributed by atoms with E-state index in [-0.39, 0.29) is 11.3 Å². The summed E-state index contributed by atoms with van der Waals surface area (Å²) in [5.74, 6) is -0.0476. The van der Waals surface area contributed by atoms with Crippen LogP contribution in [0.3, 0.4) is 0 Å². The zero-order valence-corrected chi connectivity index (χ0v) is 11.8. The lowest BCUT2D eigenvalue weighted by atomic mass is 9.87.